The van der Waals surface area contributed by atoms with Crippen molar-refractivity contribution < 1.29 is 13.7 Å². The number of aryl methyl sites for hydroxylation is 1. The minimum Gasteiger partial charge on any atom is -0.403 e. The molecule has 0 amide bonds. The molecule has 1 heterocycles. The summed E-state index contributed by atoms with van der Waals surface area (Å²) in [5.74, 6) is 0.657. The Kier molecular flexibility index (Phi) is 3.04. The van der Waals surface area contributed by atoms with Crippen LogP contribution in [0.25, 0.3) is 0 Å². The minimum atomic E-state index is -0.275. The molecule has 1 aliphatic carbocycles. The number of hydrogen-bond donors (Lipinski definition) is 0. The van der Waals surface area contributed by atoms with Crippen molar-refractivity contribution in [2.45, 2.75) is 64.0 Å². The Bertz CT molecular complexity index is 525. The van der Waals surface area contributed by atoms with Gasteiger partial charge in [0.1, 0.15) is 5.82 Å². The maximum atomic E-state index is 13.2. The number of rotatable bonds is 2. The second kappa shape index (κ2) is 4.31. The highest BCUT2D eigenvalue weighted by molar-refractivity contribution is 6.49. The molecule has 20 heavy (non-hydrogen) atoms. The summed E-state index contributed by atoms with van der Waals surface area (Å²) in [5, 5.41) is 0. The third kappa shape index (κ3) is 2.19. The summed E-state index contributed by atoms with van der Waals surface area (Å²) in [5.41, 5.74) is 1.70. The van der Waals surface area contributed by atoms with Crippen LogP contribution in [0, 0.1) is 12.7 Å². The van der Waals surface area contributed by atoms with Gasteiger partial charge in [-0.3, -0.25) is 0 Å². The zero-order valence-electron chi connectivity index (χ0n) is 12.9. The first kappa shape index (κ1) is 14.1. The summed E-state index contributed by atoms with van der Waals surface area (Å²) in [4.78, 5) is 0. The van der Waals surface area contributed by atoms with Crippen LogP contribution in [0.3, 0.4) is 0 Å². The molecule has 2 nitrogen and oxygen atoms in total. The molecule has 2 atom stereocenters. The van der Waals surface area contributed by atoms with Crippen molar-refractivity contribution in [1.29, 1.82) is 0 Å². The zero-order chi connectivity index (χ0) is 14.7. The topological polar surface area (TPSA) is 18.5 Å². The summed E-state index contributed by atoms with van der Waals surface area (Å²) in [6, 6.07) is 5.05. The Morgan fingerprint density at radius 2 is 1.75 bits per heavy atom. The van der Waals surface area contributed by atoms with E-state index in [1.54, 1.807) is 12.1 Å². The van der Waals surface area contributed by atoms with Gasteiger partial charge in [0.15, 0.2) is 0 Å². The highest BCUT2D eigenvalue weighted by atomic mass is 19.1. The monoisotopic (exact) mass is 276 g/mol. The van der Waals surface area contributed by atoms with E-state index in [4.69, 9.17) is 9.31 Å². The van der Waals surface area contributed by atoms with Gasteiger partial charge in [0.25, 0.3) is 0 Å². The van der Waals surface area contributed by atoms with Crippen LogP contribution in [0.1, 0.15) is 51.2 Å². The first-order valence-electron chi connectivity index (χ1n) is 7.33. The maximum absolute atomic E-state index is 13.2. The average Bonchev–Trinajstić information content (AvgIpc) is 3.02. The molecule has 1 aliphatic heterocycles. The van der Waals surface area contributed by atoms with Crippen LogP contribution in [-0.4, -0.2) is 18.3 Å². The molecule has 3 rings (SSSR count). The van der Waals surface area contributed by atoms with E-state index in [1.165, 1.54) is 5.56 Å². The Morgan fingerprint density at radius 3 is 2.30 bits per heavy atom. The normalized spacial score (nSPS) is 30.6. The van der Waals surface area contributed by atoms with Gasteiger partial charge in [-0.05, 0) is 70.2 Å². The van der Waals surface area contributed by atoms with E-state index in [0.29, 0.717) is 11.7 Å². The van der Waals surface area contributed by atoms with Crippen molar-refractivity contribution in [2.24, 2.45) is 0 Å². The third-order valence-corrected chi connectivity index (χ3v) is 5.09. The van der Waals surface area contributed by atoms with E-state index >= 15 is 0 Å². The Balaban J connectivity index is 1.74. The van der Waals surface area contributed by atoms with Gasteiger partial charge < -0.3 is 9.31 Å². The number of hydrogen-bond acceptors (Lipinski definition) is 2. The summed E-state index contributed by atoms with van der Waals surface area (Å²) < 4.78 is 25.4. The fraction of sp³-hybridized carbons (Fsp3) is 0.625. The molecule has 2 unspecified atom stereocenters. The second-order valence-electron chi connectivity index (χ2n) is 7.13. The van der Waals surface area contributed by atoms with Crippen LogP contribution in [-0.2, 0) is 9.31 Å². The predicted octanol–water partition coefficient (Wildman–Crippen LogP) is 4.08. The van der Waals surface area contributed by atoms with Gasteiger partial charge in [0.2, 0.25) is 0 Å². The third-order valence-electron chi connectivity index (χ3n) is 5.09. The lowest BCUT2D eigenvalue weighted by Gasteiger charge is -2.32. The Labute approximate surface area is 120 Å². The van der Waals surface area contributed by atoms with Gasteiger partial charge in [0.05, 0.1) is 11.2 Å². The molecule has 1 aromatic carbocycles. The summed E-state index contributed by atoms with van der Waals surface area (Å²) >= 11 is 0. The van der Waals surface area contributed by atoms with Crippen molar-refractivity contribution in [3.63, 3.8) is 0 Å². The number of halogens is 1. The van der Waals surface area contributed by atoms with Crippen LogP contribution in [0.5, 0.6) is 0 Å². The largest absolute Gasteiger partial charge is 0.461 e. The van der Waals surface area contributed by atoms with E-state index in [-0.39, 0.29) is 24.1 Å². The van der Waals surface area contributed by atoms with Crippen molar-refractivity contribution in [1.82, 2.24) is 0 Å². The zero-order valence-corrected chi connectivity index (χ0v) is 12.9. The van der Waals surface area contributed by atoms with Crippen LogP contribution in [0.15, 0.2) is 18.2 Å². The van der Waals surface area contributed by atoms with E-state index in [1.807, 2.05) is 13.0 Å². The van der Waals surface area contributed by atoms with Crippen LogP contribution < -0.4 is 0 Å². The summed E-state index contributed by atoms with van der Waals surface area (Å²) in [6.07, 6.45) is 1.06. The van der Waals surface area contributed by atoms with Gasteiger partial charge >= 0.3 is 7.12 Å². The van der Waals surface area contributed by atoms with Gasteiger partial charge in [-0.25, -0.2) is 4.39 Å². The highest BCUT2D eigenvalue weighted by Gasteiger charge is 2.59. The SMILES string of the molecule is Cc1cc(F)ccc1C1CC1B1OC(C)(C)C(C)(C)O1. The minimum absolute atomic E-state index is 0.144. The molecule has 4 heteroatoms. The van der Waals surface area contributed by atoms with E-state index in [0.717, 1.165) is 12.0 Å². The predicted molar refractivity (Wildman–Crippen MR) is 78.3 cm³/mol. The van der Waals surface area contributed by atoms with Crippen LogP contribution in [0.2, 0.25) is 5.82 Å². The van der Waals surface area contributed by atoms with E-state index < -0.39 is 0 Å². The van der Waals surface area contributed by atoms with Gasteiger partial charge in [0, 0.05) is 5.82 Å². The van der Waals surface area contributed by atoms with Crippen molar-refractivity contribution in [3.8, 4) is 0 Å². The van der Waals surface area contributed by atoms with Crippen LogP contribution in [0.4, 0.5) is 4.39 Å². The molecule has 1 saturated heterocycles. The quantitative estimate of drug-likeness (QED) is 0.758. The highest BCUT2D eigenvalue weighted by Crippen LogP contribution is 2.58. The van der Waals surface area contributed by atoms with E-state index in [9.17, 15) is 4.39 Å². The van der Waals surface area contributed by atoms with Crippen molar-refractivity contribution in [3.05, 3.63) is 35.1 Å². The molecule has 0 aromatic heterocycles. The molecule has 0 radical (unpaired) electrons. The molecular weight excluding hydrogens is 254 g/mol. The molecule has 0 N–H and O–H groups in total. The molecular formula is C16H22BFO2. The first-order chi connectivity index (χ1) is 9.21. The molecule has 108 valence electrons. The lowest BCUT2D eigenvalue weighted by molar-refractivity contribution is 0.00578. The molecule has 1 saturated carbocycles. The van der Waals surface area contributed by atoms with Crippen LogP contribution >= 0.6 is 0 Å². The molecule has 0 bridgehead atoms. The maximum Gasteiger partial charge on any atom is 0.461 e. The average molecular weight is 276 g/mol. The lowest BCUT2D eigenvalue weighted by Crippen LogP contribution is -2.41. The summed E-state index contributed by atoms with van der Waals surface area (Å²) in [7, 11) is -0.144. The van der Waals surface area contributed by atoms with Gasteiger partial charge in [-0.15, -0.1) is 0 Å². The fourth-order valence-corrected chi connectivity index (χ4v) is 2.99. The Hall–Kier alpha value is -0.865. The van der Waals surface area contributed by atoms with Crippen molar-refractivity contribution >= 4 is 7.12 Å². The second-order valence-corrected chi connectivity index (χ2v) is 7.13. The molecule has 0 spiro atoms. The smallest absolute Gasteiger partial charge is 0.403 e. The number of benzene rings is 1. The van der Waals surface area contributed by atoms with Gasteiger partial charge in [-0.2, -0.15) is 0 Å². The first-order valence-corrected chi connectivity index (χ1v) is 7.33. The molecule has 1 aromatic rings. The van der Waals surface area contributed by atoms with E-state index in [2.05, 4.69) is 27.7 Å². The Morgan fingerprint density at radius 1 is 1.15 bits per heavy atom. The summed E-state index contributed by atoms with van der Waals surface area (Å²) in [6.45, 7) is 10.3. The molecule has 2 fully saturated rings. The lowest BCUT2D eigenvalue weighted by atomic mass is 9.79. The molecule has 2 aliphatic rings. The standard InChI is InChI=1S/C16H22BFO2/c1-10-8-11(18)6-7-12(10)13-9-14(13)17-19-15(2,3)16(4,5)20-17/h6-8,13-14H,9H2,1-5H3. The van der Waals surface area contributed by atoms with Crippen molar-refractivity contribution in [2.75, 3.05) is 0 Å². The van der Waals surface area contributed by atoms with Gasteiger partial charge in [-0.1, -0.05) is 6.07 Å². The fourth-order valence-electron chi connectivity index (χ4n) is 2.99.